The van der Waals surface area contributed by atoms with Crippen molar-refractivity contribution in [1.29, 1.82) is 0 Å². The van der Waals surface area contributed by atoms with Crippen molar-refractivity contribution in [2.75, 3.05) is 46.6 Å². The van der Waals surface area contributed by atoms with Gasteiger partial charge >= 0.3 is 0 Å². The van der Waals surface area contributed by atoms with Gasteiger partial charge in [0.1, 0.15) is 18.1 Å². The summed E-state index contributed by atoms with van der Waals surface area (Å²) in [6.45, 7) is 6.27. The zero-order valence-corrected chi connectivity index (χ0v) is 17.7. The third kappa shape index (κ3) is 4.77. The van der Waals surface area contributed by atoms with E-state index in [1.165, 1.54) is 11.1 Å². The minimum absolute atomic E-state index is 0.0365. The highest BCUT2D eigenvalue weighted by atomic mass is 16.5. The van der Waals surface area contributed by atoms with Crippen LogP contribution in [0.3, 0.4) is 0 Å². The summed E-state index contributed by atoms with van der Waals surface area (Å²) in [6.07, 6.45) is 0.658. The predicted octanol–water partition coefficient (Wildman–Crippen LogP) is 2.74. The molecule has 2 heterocycles. The molecule has 1 fully saturated rings. The lowest BCUT2D eigenvalue weighted by atomic mass is 9.95. The Bertz CT molecular complexity index is 879. The molecule has 4 rings (SSSR count). The maximum Gasteiger partial charge on any atom is 0.226 e. The molecule has 6 nitrogen and oxygen atoms in total. The molecule has 0 radical (unpaired) electrons. The number of carbonyl (C=O) groups is 1. The lowest BCUT2D eigenvalue weighted by Gasteiger charge is -2.35. The van der Waals surface area contributed by atoms with Crippen LogP contribution in [-0.2, 0) is 16.0 Å². The molecule has 1 amide bonds. The summed E-state index contributed by atoms with van der Waals surface area (Å²) in [5.74, 6) is 1.46. The Balaban J connectivity index is 1.43. The number of carbonyl (C=O) groups excluding carboxylic acids is 1. The lowest BCUT2D eigenvalue weighted by molar-refractivity contribution is -0.126. The number of ether oxygens (including phenoxy) is 3. The van der Waals surface area contributed by atoms with Crippen molar-refractivity contribution in [3.05, 3.63) is 59.2 Å². The monoisotopic (exact) mass is 410 g/mol. The first kappa shape index (κ1) is 20.7. The molecule has 1 saturated heterocycles. The normalized spacial score (nSPS) is 20.0. The Morgan fingerprint density at radius 1 is 1.23 bits per heavy atom. The van der Waals surface area contributed by atoms with Gasteiger partial charge in [-0.1, -0.05) is 29.8 Å². The number of benzene rings is 2. The second-order valence-corrected chi connectivity index (χ2v) is 8.01. The minimum Gasteiger partial charge on any atom is -0.497 e. The summed E-state index contributed by atoms with van der Waals surface area (Å²) in [6, 6.07) is 14.4. The van der Waals surface area contributed by atoms with Gasteiger partial charge in [0.2, 0.25) is 5.91 Å². The van der Waals surface area contributed by atoms with Gasteiger partial charge in [-0.15, -0.1) is 0 Å². The number of aryl methyl sites for hydroxylation is 1. The molecule has 0 saturated carbocycles. The van der Waals surface area contributed by atoms with Gasteiger partial charge in [-0.3, -0.25) is 9.69 Å². The standard InChI is InChI=1S/C24H30N2O4/c1-17-4-3-5-18(12-17)22(26-8-10-29-11-9-26)15-25-24(27)20-13-19-14-21(28-2)6-7-23(19)30-16-20/h3-7,12,14,20,22H,8-11,13,15-16H2,1-2H3,(H,25,27). The third-order valence-electron chi connectivity index (χ3n) is 5.93. The molecule has 2 aliphatic rings. The van der Waals surface area contributed by atoms with Crippen molar-refractivity contribution in [2.45, 2.75) is 19.4 Å². The van der Waals surface area contributed by atoms with E-state index in [-0.39, 0.29) is 17.9 Å². The average molecular weight is 411 g/mol. The third-order valence-corrected chi connectivity index (χ3v) is 5.93. The number of methoxy groups -OCH3 is 1. The van der Waals surface area contributed by atoms with Crippen molar-refractivity contribution >= 4 is 5.91 Å². The van der Waals surface area contributed by atoms with Crippen LogP contribution < -0.4 is 14.8 Å². The maximum absolute atomic E-state index is 13.0. The predicted molar refractivity (Wildman–Crippen MR) is 115 cm³/mol. The van der Waals surface area contributed by atoms with Gasteiger partial charge in [-0.2, -0.15) is 0 Å². The first-order chi connectivity index (χ1) is 14.6. The van der Waals surface area contributed by atoms with Gasteiger partial charge in [-0.25, -0.2) is 0 Å². The summed E-state index contributed by atoms with van der Waals surface area (Å²) in [4.78, 5) is 15.4. The molecule has 2 aliphatic heterocycles. The number of amides is 1. The highest BCUT2D eigenvalue weighted by molar-refractivity contribution is 5.79. The Kier molecular flexibility index (Phi) is 6.55. The Labute approximate surface area is 178 Å². The molecule has 30 heavy (non-hydrogen) atoms. The molecule has 2 unspecified atom stereocenters. The fourth-order valence-corrected chi connectivity index (χ4v) is 4.23. The van der Waals surface area contributed by atoms with E-state index in [1.807, 2.05) is 18.2 Å². The minimum atomic E-state index is -0.201. The number of hydrogen-bond donors (Lipinski definition) is 1. The first-order valence-electron chi connectivity index (χ1n) is 10.6. The van der Waals surface area contributed by atoms with Gasteiger partial charge < -0.3 is 19.5 Å². The van der Waals surface area contributed by atoms with Crippen LogP contribution in [0.5, 0.6) is 11.5 Å². The van der Waals surface area contributed by atoms with Crippen LogP contribution in [0.1, 0.15) is 22.7 Å². The topological polar surface area (TPSA) is 60.0 Å². The molecule has 2 atom stereocenters. The van der Waals surface area contributed by atoms with Crippen LogP contribution in [0.25, 0.3) is 0 Å². The van der Waals surface area contributed by atoms with Crippen molar-refractivity contribution in [3.8, 4) is 11.5 Å². The molecule has 0 aliphatic carbocycles. The highest BCUT2D eigenvalue weighted by Crippen LogP contribution is 2.31. The van der Waals surface area contributed by atoms with E-state index in [2.05, 4.69) is 41.4 Å². The van der Waals surface area contributed by atoms with E-state index in [4.69, 9.17) is 14.2 Å². The molecular weight excluding hydrogens is 380 g/mol. The number of morpholine rings is 1. The molecule has 2 aromatic rings. The molecule has 2 aromatic carbocycles. The van der Waals surface area contributed by atoms with Gasteiger partial charge in [0.05, 0.1) is 32.3 Å². The molecular formula is C24H30N2O4. The molecule has 6 heteroatoms. The lowest BCUT2D eigenvalue weighted by Crippen LogP contribution is -2.45. The van der Waals surface area contributed by atoms with Crippen LogP contribution in [0.4, 0.5) is 0 Å². The number of rotatable bonds is 6. The average Bonchev–Trinajstić information content (AvgIpc) is 2.79. The van der Waals surface area contributed by atoms with E-state index >= 15 is 0 Å². The van der Waals surface area contributed by atoms with E-state index in [9.17, 15) is 4.79 Å². The SMILES string of the molecule is COc1ccc2c(c1)CC(C(=O)NCC(c1cccc(C)c1)N1CCOCC1)CO2. The zero-order valence-electron chi connectivity index (χ0n) is 17.7. The summed E-state index contributed by atoms with van der Waals surface area (Å²) in [5, 5.41) is 3.19. The Morgan fingerprint density at radius 3 is 2.83 bits per heavy atom. The van der Waals surface area contributed by atoms with Gasteiger partial charge in [0, 0.05) is 19.6 Å². The fraction of sp³-hybridized carbons (Fsp3) is 0.458. The van der Waals surface area contributed by atoms with E-state index in [0.29, 0.717) is 19.6 Å². The van der Waals surface area contributed by atoms with Crippen LogP contribution in [0.2, 0.25) is 0 Å². The number of fused-ring (bicyclic) bond motifs is 1. The highest BCUT2D eigenvalue weighted by Gasteiger charge is 2.28. The van der Waals surface area contributed by atoms with Gasteiger partial charge in [0.15, 0.2) is 0 Å². The largest absolute Gasteiger partial charge is 0.497 e. The van der Waals surface area contributed by atoms with Crippen molar-refractivity contribution in [3.63, 3.8) is 0 Å². The van der Waals surface area contributed by atoms with E-state index in [1.54, 1.807) is 7.11 Å². The molecule has 0 bridgehead atoms. The summed E-state index contributed by atoms with van der Waals surface area (Å²) >= 11 is 0. The zero-order chi connectivity index (χ0) is 20.9. The number of nitrogens with one attached hydrogen (secondary N) is 1. The number of hydrogen-bond acceptors (Lipinski definition) is 5. The van der Waals surface area contributed by atoms with Crippen LogP contribution in [-0.4, -0.2) is 57.4 Å². The molecule has 160 valence electrons. The van der Waals surface area contributed by atoms with Crippen LogP contribution >= 0.6 is 0 Å². The summed E-state index contributed by atoms with van der Waals surface area (Å²) < 4.78 is 16.7. The van der Waals surface area contributed by atoms with Crippen molar-refractivity contribution < 1.29 is 19.0 Å². The molecule has 0 spiro atoms. The van der Waals surface area contributed by atoms with Gasteiger partial charge in [0.25, 0.3) is 0 Å². The second kappa shape index (κ2) is 9.49. The fourth-order valence-electron chi connectivity index (χ4n) is 4.23. The molecule has 1 N–H and O–H groups in total. The quantitative estimate of drug-likeness (QED) is 0.794. The Hall–Kier alpha value is -2.57. The molecule has 0 aromatic heterocycles. The van der Waals surface area contributed by atoms with E-state index < -0.39 is 0 Å². The van der Waals surface area contributed by atoms with Crippen LogP contribution in [0.15, 0.2) is 42.5 Å². The van der Waals surface area contributed by atoms with Crippen molar-refractivity contribution in [2.24, 2.45) is 5.92 Å². The summed E-state index contributed by atoms with van der Waals surface area (Å²) in [7, 11) is 1.65. The van der Waals surface area contributed by atoms with Gasteiger partial charge in [-0.05, 0) is 42.7 Å². The second-order valence-electron chi connectivity index (χ2n) is 8.01. The van der Waals surface area contributed by atoms with Crippen molar-refractivity contribution in [1.82, 2.24) is 10.2 Å². The first-order valence-corrected chi connectivity index (χ1v) is 10.6. The smallest absolute Gasteiger partial charge is 0.226 e. The number of nitrogens with zero attached hydrogens (tertiary/aromatic N) is 1. The van der Waals surface area contributed by atoms with Crippen LogP contribution in [0, 0.1) is 12.8 Å². The maximum atomic E-state index is 13.0. The Morgan fingerprint density at radius 2 is 2.07 bits per heavy atom. The van der Waals surface area contributed by atoms with E-state index in [0.717, 1.165) is 43.4 Å². The summed E-state index contributed by atoms with van der Waals surface area (Å²) in [5.41, 5.74) is 3.47.